The summed E-state index contributed by atoms with van der Waals surface area (Å²) in [5.41, 5.74) is 2.65. The minimum Gasteiger partial charge on any atom is -0.326 e. The van der Waals surface area contributed by atoms with Crippen LogP contribution in [0, 0.1) is 0 Å². The summed E-state index contributed by atoms with van der Waals surface area (Å²) in [5.74, 6) is -0.330. The summed E-state index contributed by atoms with van der Waals surface area (Å²) in [5, 5.41) is 16.9. The number of halogens is 1. The van der Waals surface area contributed by atoms with Gasteiger partial charge in [0.25, 0.3) is 0 Å². The summed E-state index contributed by atoms with van der Waals surface area (Å²) >= 11 is 6.14. The number of tetrazole rings is 1. The first-order valence-corrected chi connectivity index (χ1v) is 8.64. The lowest BCUT2D eigenvalue weighted by molar-refractivity contribution is -0.116. The molecule has 0 aliphatic rings. The highest BCUT2D eigenvalue weighted by molar-refractivity contribution is 6.33. The standard InChI is InChI=1S/C18H17ClN6O2/c1-2-17(26)21-13-5-8-15(19)16(10-13)22-18(27)9-12-3-6-14(7-4-12)25-11-20-23-24-25/h3-8,10-11H,2,9H2,1H3,(H,21,26)(H,22,27). The zero-order valence-electron chi connectivity index (χ0n) is 14.5. The molecule has 0 saturated carbocycles. The highest BCUT2D eigenvalue weighted by Crippen LogP contribution is 2.26. The van der Waals surface area contributed by atoms with Crippen LogP contribution in [0.5, 0.6) is 0 Å². The van der Waals surface area contributed by atoms with Gasteiger partial charge in [-0.25, -0.2) is 4.68 Å². The summed E-state index contributed by atoms with van der Waals surface area (Å²) in [6.45, 7) is 1.76. The Balaban J connectivity index is 1.65. The summed E-state index contributed by atoms with van der Waals surface area (Å²) < 4.78 is 1.53. The van der Waals surface area contributed by atoms with Gasteiger partial charge in [-0.1, -0.05) is 30.7 Å². The van der Waals surface area contributed by atoms with Gasteiger partial charge in [-0.05, 0) is 46.3 Å². The predicted octanol–water partition coefficient (Wildman–Crippen LogP) is 2.85. The molecule has 0 saturated heterocycles. The monoisotopic (exact) mass is 384 g/mol. The lowest BCUT2D eigenvalue weighted by Crippen LogP contribution is -2.15. The van der Waals surface area contributed by atoms with Crippen LogP contribution in [0.4, 0.5) is 11.4 Å². The Morgan fingerprint density at radius 2 is 1.85 bits per heavy atom. The smallest absolute Gasteiger partial charge is 0.228 e. The van der Waals surface area contributed by atoms with Crippen LogP contribution in [0.3, 0.4) is 0 Å². The molecule has 1 heterocycles. The van der Waals surface area contributed by atoms with Crippen LogP contribution in [0.1, 0.15) is 18.9 Å². The van der Waals surface area contributed by atoms with Crippen molar-refractivity contribution in [2.75, 3.05) is 10.6 Å². The second-order valence-corrected chi connectivity index (χ2v) is 6.15. The number of anilines is 2. The molecule has 0 bridgehead atoms. The largest absolute Gasteiger partial charge is 0.326 e. The van der Waals surface area contributed by atoms with Crippen LogP contribution in [-0.2, 0) is 16.0 Å². The normalized spacial score (nSPS) is 10.4. The van der Waals surface area contributed by atoms with E-state index in [1.807, 2.05) is 24.3 Å². The Morgan fingerprint density at radius 1 is 1.07 bits per heavy atom. The van der Waals surface area contributed by atoms with Crippen molar-refractivity contribution in [3.63, 3.8) is 0 Å². The van der Waals surface area contributed by atoms with Gasteiger partial charge in [0, 0.05) is 12.1 Å². The van der Waals surface area contributed by atoms with Gasteiger partial charge in [-0.3, -0.25) is 9.59 Å². The van der Waals surface area contributed by atoms with Crippen LogP contribution < -0.4 is 10.6 Å². The molecule has 9 heteroatoms. The Morgan fingerprint density at radius 3 is 2.52 bits per heavy atom. The topological polar surface area (TPSA) is 102 Å². The molecule has 0 atom stereocenters. The maximum Gasteiger partial charge on any atom is 0.228 e. The first-order chi connectivity index (χ1) is 13.0. The molecule has 2 N–H and O–H groups in total. The van der Waals surface area contributed by atoms with Crippen molar-refractivity contribution in [3.8, 4) is 5.69 Å². The second-order valence-electron chi connectivity index (χ2n) is 5.74. The Bertz CT molecular complexity index is 941. The fourth-order valence-corrected chi connectivity index (χ4v) is 2.54. The number of carbonyl (C=O) groups excluding carboxylic acids is 2. The van der Waals surface area contributed by atoms with E-state index in [2.05, 4.69) is 26.2 Å². The molecule has 0 fully saturated rings. The summed E-state index contributed by atoms with van der Waals surface area (Å²) in [6.07, 6.45) is 2.04. The van der Waals surface area contributed by atoms with Crippen molar-refractivity contribution in [2.45, 2.75) is 19.8 Å². The van der Waals surface area contributed by atoms with Crippen molar-refractivity contribution in [2.24, 2.45) is 0 Å². The zero-order valence-corrected chi connectivity index (χ0v) is 15.3. The lowest BCUT2D eigenvalue weighted by atomic mass is 10.1. The summed E-state index contributed by atoms with van der Waals surface area (Å²) in [4.78, 5) is 23.9. The van der Waals surface area contributed by atoms with E-state index in [9.17, 15) is 9.59 Å². The minimum atomic E-state index is -0.217. The van der Waals surface area contributed by atoms with E-state index in [4.69, 9.17) is 11.6 Å². The quantitative estimate of drug-likeness (QED) is 0.680. The van der Waals surface area contributed by atoms with Crippen LogP contribution >= 0.6 is 11.6 Å². The third-order valence-electron chi connectivity index (χ3n) is 3.76. The summed E-state index contributed by atoms with van der Waals surface area (Å²) in [6, 6.07) is 12.3. The number of nitrogens with one attached hydrogen (secondary N) is 2. The van der Waals surface area contributed by atoms with Crippen molar-refractivity contribution in [3.05, 3.63) is 59.4 Å². The number of aromatic nitrogens is 4. The maximum absolute atomic E-state index is 12.3. The van der Waals surface area contributed by atoms with Gasteiger partial charge in [-0.2, -0.15) is 0 Å². The highest BCUT2D eigenvalue weighted by Gasteiger charge is 2.09. The zero-order chi connectivity index (χ0) is 19.2. The molecule has 3 aromatic rings. The lowest BCUT2D eigenvalue weighted by Gasteiger charge is -2.10. The van der Waals surface area contributed by atoms with Crippen LogP contribution in [0.25, 0.3) is 5.69 Å². The average molecular weight is 385 g/mol. The third-order valence-corrected chi connectivity index (χ3v) is 4.09. The van der Waals surface area contributed by atoms with E-state index < -0.39 is 0 Å². The third kappa shape index (κ3) is 4.89. The molecular formula is C18H17ClN6O2. The maximum atomic E-state index is 12.3. The molecule has 27 heavy (non-hydrogen) atoms. The van der Waals surface area contributed by atoms with Crippen molar-refractivity contribution >= 4 is 34.8 Å². The number of hydrogen-bond acceptors (Lipinski definition) is 5. The highest BCUT2D eigenvalue weighted by atomic mass is 35.5. The molecule has 3 rings (SSSR count). The van der Waals surface area contributed by atoms with Gasteiger partial charge < -0.3 is 10.6 Å². The number of benzene rings is 2. The van der Waals surface area contributed by atoms with Gasteiger partial charge in [-0.15, -0.1) is 5.10 Å². The number of rotatable bonds is 6. The molecule has 0 aliphatic carbocycles. The molecule has 0 aliphatic heterocycles. The van der Waals surface area contributed by atoms with Gasteiger partial charge in [0.2, 0.25) is 11.8 Å². The van der Waals surface area contributed by atoms with Gasteiger partial charge in [0.1, 0.15) is 6.33 Å². The van der Waals surface area contributed by atoms with Crippen molar-refractivity contribution in [1.82, 2.24) is 20.2 Å². The molecule has 2 aromatic carbocycles. The Labute approximate surface area is 160 Å². The predicted molar refractivity (Wildman–Crippen MR) is 102 cm³/mol. The molecular weight excluding hydrogens is 368 g/mol. The van der Waals surface area contributed by atoms with E-state index in [1.165, 1.54) is 11.0 Å². The van der Waals surface area contributed by atoms with Gasteiger partial charge in [0.15, 0.2) is 0 Å². The fraction of sp³-hybridized carbons (Fsp3) is 0.167. The molecule has 138 valence electrons. The van der Waals surface area contributed by atoms with E-state index in [0.29, 0.717) is 22.8 Å². The van der Waals surface area contributed by atoms with E-state index in [1.54, 1.807) is 25.1 Å². The number of nitrogens with zero attached hydrogens (tertiary/aromatic N) is 4. The van der Waals surface area contributed by atoms with Gasteiger partial charge >= 0.3 is 0 Å². The second kappa shape index (κ2) is 8.41. The number of amides is 2. The number of hydrogen-bond donors (Lipinski definition) is 2. The molecule has 0 radical (unpaired) electrons. The van der Waals surface area contributed by atoms with E-state index in [0.717, 1.165) is 11.3 Å². The minimum absolute atomic E-state index is 0.114. The van der Waals surface area contributed by atoms with Crippen LogP contribution in [-0.4, -0.2) is 32.0 Å². The van der Waals surface area contributed by atoms with Gasteiger partial charge in [0.05, 0.1) is 22.8 Å². The molecule has 1 aromatic heterocycles. The van der Waals surface area contributed by atoms with E-state index in [-0.39, 0.29) is 18.2 Å². The summed E-state index contributed by atoms with van der Waals surface area (Å²) in [7, 11) is 0. The first kappa shape index (κ1) is 18.5. The average Bonchev–Trinajstić information content (AvgIpc) is 3.19. The SMILES string of the molecule is CCC(=O)Nc1ccc(Cl)c(NC(=O)Cc2ccc(-n3cnnn3)cc2)c1. The van der Waals surface area contributed by atoms with Crippen LogP contribution in [0.2, 0.25) is 5.02 Å². The van der Waals surface area contributed by atoms with Crippen LogP contribution in [0.15, 0.2) is 48.8 Å². The molecule has 2 amide bonds. The molecule has 8 nitrogen and oxygen atoms in total. The first-order valence-electron chi connectivity index (χ1n) is 8.26. The van der Waals surface area contributed by atoms with Crippen molar-refractivity contribution < 1.29 is 9.59 Å². The van der Waals surface area contributed by atoms with E-state index >= 15 is 0 Å². The number of carbonyl (C=O) groups is 2. The van der Waals surface area contributed by atoms with Crippen molar-refractivity contribution in [1.29, 1.82) is 0 Å². The fourth-order valence-electron chi connectivity index (χ4n) is 2.37. The molecule has 0 spiro atoms. The Hall–Kier alpha value is -3.26. The Kier molecular flexibility index (Phi) is 5.77. The molecule has 0 unspecified atom stereocenters.